The molecule has 0 aliphatic heterocycles. The van der Waals surface area contributed by atoms with Crippen molar-refractivity contribution in [1.29, 1.82) is 5.26 Å². The maximum atomic E-state index is 15.1. The second-order valence-electron chi connectivity index (χ2n) is 7.15. The van der Waals surface area contributed by atoms with Crippen LogP contribution in [0.5, 0.6) is 0 Å². The monoisotopic (exact) mass is 546 g/mol. The minimum atomic E-state index is -3.46. The van der Waals surface area contributed by atoms with Gasteiger partial charge in [-0.3, -0.25) is 4.79 Å². The molecule has 0 saturated heterocycles. The van der Waals surface area contributed by atoms with Crippen LogP contribution in [0.1, 0.15) is 45.2 Å². The molecule has 1 amide bonds. The normalized spacial score (nSPS) is 12.2. The maximum absolute atomic E-state index is 15.1. The van der Waals surface area contributed by atoms with Crippen molar-refractivity contribution in [2.75, 3.05) is 0 Å². The van der Waals surface area contributed by atoms with Gasteiger partial charge in [0.2, 0.25) is 5.13 Å². The summed E-state index contributed by atoms with van der Waals surface area (Å²) in [5.41, 5.74) is -0.841. The summed E-state index contributed by atoms with van der Waals surface area (Å²) in [6, 6.07) is 8.94. The molecule has 1 atom stereocenters. The van der Waals surface area contributed by atoms with E-state index in [1.165, 1.54) is 29.3 Å². The number of hydrogen-bond donors (Lipinski definition) is 1. The van der Waals surface area contributed by atoms with Crippen molar-refractivity contribution in [2.24, 2.45) is 0 Å². The molecule has 1 N–H and O–H groups in total. The predicted molar refractivity (Wildman–Crippen MR) is 121 cm³/mol. The summed E-state index contributed by atoms with van der Waals surface area (Å²) < 4.78 is 45.0. The van der Waals surface area contributed by atoms with Gasteiger partial charge in [0.25, 0.3) is 11.8 Å². The van der Waals surface area contributed by atoms with Gasteiger partial charge in [0.1, 0.15) is 23.1 Å². The lowest BCUT2D eigenvalue weighted by Gasteiger charge is -2.19. The second-order valence-corrected chi connectivity index (χ2v) is 9.08. The number of rotatable bonds is 6. The summed E-state index contributed by atoms with van der Waals surface area (Å²) in [4.78, 5) is 21.6. The summed E-state index contributed by atoms with van der Waals surface area (Å²) in [7, 11) is 0. The SMILES string of the molecule is C[C@H](NC(=O)c1cc(Br)cc(C(F)(F)c2ccc(F)cc2)c1)c1ncnn1-c1ncc(C#N)s1. The third-order valence-corrected chi connectivity index (χ3v) is 6.16. The van der Waals surface area contributed by atoms with Crippen molar-refractivity contribution in [1.82, 2.24) is 25.1 Å². The van der Waals surface area contributed by atoms with Crippen LogP contribution in [0.15, 0.2) is 59.5 Å². The summed E-state index contributed by atoms with van der Waals surface area (Å²) in [6.07, 6.45) is 2.69. The highest BCUT2D eigenvalue weighted by atomic mass is 79.9. The molecule has 34 heavy (non-hydrogen) atoms. The standard InChI is InChI=1S/C22H14BrF3N6OS/c1-12(19-29-11-30-32(19)21-28-10-18(9-27)34-21)31-20(33)13-6-15(8-16(23)7-13)22(25,26)14-2-4-17(24)5-3-14/h2-8,10-12H,1H3,(H,31,33)/t12-/m0/s1. The van der Waals surface area contributed by atoms with Crippen LogP contribution in [-0.4, -0.2) is 25.7 Å². The molecule has 7 nitrogen and oxygen atoms in total. The predicted octanol–water partition coefficient (Wildman–Crippen LogP) is 5.13. The molecule has 2 heterocycles. The molecule has 0 aliphatic carbocycles. The highest BCUT2D eigenvalue weighted by Gasteiger charge is 2.35. The van der Waals surface area contributed by atoms with Gasteiger partial charge in [0.15, 0.2) is 5.82 Å². The van der Waals surface area contributed by atoms with Crippen molar-refractivity contribution >= 4 is 33.2 Å². The Kier molecular flexibility index (Phi) is 6.49. The Morgan fingerprint density at radius 2 is 1.94 bits per heavy atom. The molecule has 4 rings (SSSR count). The Labute approximate surface area is 204 Å². The second kappa shape index (κ2) is 9.36. The fraction of sp³-hybridized carbons (Fsp3) is 0.136. The van der Waals surface area contributed by atoms with Crippen LogP contribution in [-0.2, 0) is 5.92 Å². The van der Waals surface area contributed by atoms with E-state index >= 15 is 8.78 Å². The molecule has 2 aromatic heterocycles. The number of hydrogen-bond acceptors (Lipinski definition) is 6. The van der Waals surface area contributed by atoms with Gasteiger partial charge in [-0.1, -0.05) is 27.3 Å². The highest BCUT2D eigenvalue weighted by Crippen LogP contribution is 2.37. The number of nitrogens with one attached hydrogen (secondary N) is 1. The van der Waals surface area contributed by atoms with E-state index in [0.29, 0.717) is 15.8 Å². The van der Waals surface area contributed by atoms with Gasteiger partial charge in [-0.25, -0.2) is 14.4 Å². The fourth-order valence-corrected chi connectivity index (χ4v) is 4.35. The minimum Gasteiger partial charge on any atom is -0.342 e. The van der Waals surface area contributed by atoms with Gasteiger partial charge in [-0.2, -0.15) is 23.8 Å². The van der Waals surface area contributed by atoms with Gasteiger partial charge in [-0.05, 0) is 49.4 Å². The van der Waals surface area contributed by atoms with Crippen molar-refractivity contribution in [3.05, 3.63) is 92.7 Å². The molecule has 2 aromatic carbocycles. The van der Waals surface area contributed by atoms with Crippen LogP contribution in [0.2, 0.25) is 0 Å². The molecular formula is C22H14BrF3N6OS. The lowest BCUT2D eigenvalue weighted by molar-refractivity contribution is 0.0426. The third kappa shape index (κ3) is 4.71. The van der Waals surface area contributed by atoms with E-state index in [1.807, 2.05) is 6.07 Å². The summed E-state index contributed by atoms with van der Waals surface area (Å²) in [5.74, 6) is -4.35. The van der Waals surface area contributed by atoms with Crippen LogP contribution in [0.25, 0.3) is 5.13 Å². The van der Waals surface area contributed by atoms with E-state index in [-0.39, 0.29) is 10.0 Å². The number of carbonyl (C=O) groups is 1. The Hall–Kier alpha value is -3.56. The van der Waals surface area contributed by atoms with Crippen molar-refractivity contribution in [3.63, 3.8) is 0 Å². The first-order valence-corrected chi connectivity index (χ1v) is 11.3. The molecule has 12 heteroatoms. The number of alkyl halides is 2. The molecule has 0 radical (unpaired) electrons. The Balaban J connectivity index is 1.59. The Morgan fingerprint density at radius 1 is 1.21 bits per heavy atom. The molecule has 0 aliphatic rings. The van der Waals surface area contributed by atoms with E-state index in [4.69, 9.17) is 5.26 Å². The third-order valence-electron chi connectivity index (χ3n) is 4.82. The molecule has 172 valence electrons. The van der Waals surface area contributed by atoms with Crippen LogP contribution < -0.4 is 5.32 Å². The van der Waals surface area contributed by atoms with E-state index < -0.39 is 34.8 Å². The van der Waals surface area contributed by atoms with Gasteiger partial charge < -0.3 is 5.32 Å². The average molecular weight is 547 g/mol. The molecule has 0 fully saturated rings. The van der Waals surface area contributed by atoms with Crippen molar-refractivity contribution in [3.8, 4) is 11.2 Å². The molecule has 0 unspecified atom stereocenters. The molecule has 0 saturated carbocycles. The average Bonchev–Trinajstić information content (AvgIpc) is 3.48. The lowest BCUT2D eigenvalue weighted by Crippen LogP contribution is -2.29. The number of thiazole rings is 1. The quantitative estimate of drug-likeness (QED) is 0.361. The number of carbonyl (C=O) groups excluding carboxylic acids is 1. The molecule has 0 spiro atoms. The van der Waals surface area contributed by atoms with Crippen LogP contribution in [0.4, 0.5) is 13.2 Å². The van der Waals surface area contributed by atoms with Gasteiger partial charge >= 0.3 is 0 Å². The summed E-state index contributed by atoms with van der Waals surface area (Å²) in [5, 5.41) is 16.2. The topological polar surface area (TPSA) is 96.5 Å². The number of nitrogens with zero attached hydrogens (tertiary/aromatic N) is 5. The van der Waals surface area contributed by atoms with Crippen molar-refractivity contribution < 1.29 is 18.0 Å². The van der Waals surface area contributed by atoms with Crippen LogP contribution in [0.3, 0.4) is 0 Å². The number of halogens is 4. The van der Waals surface area contributed by atoms with Crippen LogP contribution in [0, 0.1) is 17.1 Å². The number of nitriles is 1. The van der Waals surface area contributed by atoms with Gasteiger partial charge in [-0.15, -0.1) is 0 Å². The number of aromatic nitrogens is 4. The highest BCUT2D eigenvalue weighted by molar-refractivity contribution is 9.10. The van der Waals surface area contributed by atoms with Gasteiger partial charge in [0.05, 0.1) is 12.2 Å². The Bertz CT molecular complexity index is 1400. The van der Waals surface area contributed by atoms with E-state index in [0.717, 1.165) is 41.7 Å². The van der Waals surface area contributed by atoms with Crippen LogP contribution >= 0.6 is 27.3 Å². The van der Waals surface area contributed by atoms with E-state index in [9.17, 15) is 9.18 Å². The summed E-state index contributed by atoms with van der Waals surface area (Å²) >= 11 is 4.29. The number of benzene rings is 2. The van der Waals surface area contributed by atoms with E-state index in [2.05, 4.69) is 36.3 Å². The largest absolute Gasteiger partial charge is 0.342 e. The van der Waals surface area contributed by atoms with Gasteiger partial charge in [0, 0.05) is 21.2 Å². The Morgan fingerprint density at radius 3 is 2.62 bits per heavy atom. The summed E-state index contributed by atoms with van der Waals surface area (Å²) in [6.45, 7) is 1.66. The molecule has 0 bridgehead atoms. The van der Waals surface area contributed by atoms with Crippen molar-refractivity contribution in [2.45, 2.75) is 18.9 Å². The smallest absolute Gasteiger partial charge is 0.298 e. The maximum Gasteiger partial charge on any atom is 0.298 e. The first kappa shape index (κ1) is 23.6. The lowest BCUT2D eigenvalue weighted by atomic mass is 9.98. The first-order chi connectivity index (χ1) is 16.2. The minimum absolute atomic E-state index is 0.00917. The first-order valence-electron chi connectivity index (χ1n) is 9.71. The number of amides is 1. The van der Waals surface area contributed by atoms with E-state index in [1.54, 1.807) is 6.92 Å². The molecule has 4 aromatic rings. The molecular weight excluding hydrogens is 533 g/mol. The zero-order valence-electron chi connectivity index (χ0n) is 17.3. The zero-order valence-corrected chi connectivity index (χ0v) is 19.7. The zero-order chi connectivity index (χ0) is 24.5. The fourth-order valence-electron chi connectivity index (χ4n) is 3.18.